The molecule has 2 spiro atoms. The highest BCUT2D eigenvalue weighted by molar-refractivity contribution is 7.90. The van der Waals surface area contributed by atoms with E-state index in [2.05, 4.69) is 38.9 Å². The number of rotatable bonds is 5. The Balaban J connectivity index is 1.07. The van der Waals surface area contributed by atoms with Crippen LogP contribution in [0.15, 0.2) is 47.6 Å². The number of pyridine rings is 2. The maximum absolute atomic E-state index is 13.6. The minimum absolute atomic E-state index is 0.108. The van der Waals surface area contributed by atoms with Crippen molar-refractivity contribution in [3.05, 3.63) is 48.2 Å². The van der Waals surface area contributed by atoms with Gasteiger partial charge in [-0.2, -0.15) is 21.0 Å². The number of sulfonamides is 1. The van der Waals surface area contributed by atoms with Crippen LogP contribution in [0.4, 0.5) is 11.6 Å². The lowest BCUT2D eigenvalue weighted by Crippen LogP contribution is -2.41. The van der Waals surface area contributed by atoms with Crippen LogP contribution in [0, 0.1) is 16.7 Å². The number of thiol groups is 1. The number of hydrogen-bond donors (Lipinski definition) is 3. The largest absolute Gasteiger partial charge is 0.477 e. The highest BCUT2D eigenvalue weighted by Crippen LogP contribution is 2.97. The van der Waals surface area contributed by atoms with Gasteiger partial charge in [0, 0.05) is 35.6 Å². The molecule has 0 aromatic carbocycles. The minimum Gasteiger partial charge on any atom is -0.477 e. The van der Waals surface area contributed by atoms with Gasteiger partial charge in [-0.3, -0.25) is 4.79 Å². The fraction of sp³-hybridized carbons (Fsp3) is 0.562. The third-order valence-corrected chi connectivity index (χ3v) is 13.4. The summed E-state index contributed by atoms with van der Waals surface area (Å²) in [7, 11) is -4.23. The first-order valence-corrected chi connectivity index (χ1v) is 17.9. The molecular formula is C32H39N7O4S2. The summed E-state index contributed by atoms with van der Waals surface area (Å²) in [5.74, 6) is 1.53. The average Bonchev–Trinajstić information content (AvgIpc) is 3.94. The van der Waals surface area contributed by atoms with Crippen molar-refractivity contribution in [3.8, 4) is 11.7 Å². The monoisotopic (exact) mass is 649 g/mol. The molecule has 8 rings (SSSR count). The normalized spacial score (nSPS) is 25.8. The van der Waals surface area contributed by atoms with Gasteiger partial charge in [0.1, 0.15) is 11.6 Å². The molecule has 3 aromatic heterocycles. The van der Waals surface area contributed by atoms with E-state index in [1.807, 2.05) is 6.07 Å². The number of nitrogens with one attached hydrogen (secondary N) is 2. The summed E-state index contributed by atoms with van der Waals surface area (Å²) >= 11 is 5.13. The van der Waals surface area contributed by atoms with Gasteiger partial charge in [0.05, 0.1) is 12.2 Å². The summed E-state index contributed by atoms with van der Waals surface area (Å²) in [5, 5.41) is 7.64. The predicted octanol–water partition coefficient (Wildman–Crippen LogP) is 4.60. The molecule has 5 aliphatic rings. The Kier molecular flexibility index (Phi) is 6.36. The van der Waals surface area contributed by atoms with E-state index in [1.54, 1.807) is 35.1 Å². The molecule has 4 bridgehead atoms. The van der Waals surface area contributed by atoms with E-state index < -0.39 is 15.9 Å². The predicted molar refractivity (Wildman–Crippen MR) is 173 cm³/mol. The zero-order valence-electron chi connectivity index (χ0n) is 25.6. The smallest absolute Gasteiger partial charge is 0.281 e. The van der Waals surface area contributed by atoms with Crippen LogP contribution in [-0.2, 0) is 10.0 Å². The zero-order chi connectivity index (χ0) is 31.2. The topological polar surface area (TPSA) is 131 Å². The van der Waals surface area contributed by atoms with Gasteiger partial charge in [-0.15, -0.1) is 5.10 Å². The highest BCUT2D eigenvalue weighted by atomic mass is 32.2. The summed E-state index contributed by atoms with van der Waals surface area (Å²) in [6.07, 6.45) is 10.7. The first kappa shape index (κ1) is 29.1. The number of amides is 1. The number of nitrogens with zero attached hydrogens (tertiary/aromatic N) is 5. The molecule has 45 heavy (non-hydrogen) atoms. The molecule has 5 heterocycles. The molecule has 3 aliphatic carbocycles. The molecule has 1 amide bonds. The molecule has 13 heteroatoms. The second-order valence-corrected chi connectivity index (χ2v) is 16.5. The lowest BCUT2D eigenvalue weighted by Gasteiger charge is -2.34. The molecule has 1 atom stereocenters. The first-order chi connectivity index (χ1) is 21.5. The Morgan fingerprint density at radius 3 is 2.60 bits per heavy atom. The van der Waals surface area contributed by atoms with Crippen molar-refractivity contribution in [1.82, 2.24) is 24.5 Å². The fourth-order valence-electron chi connectivity index (χ4n) is 8.64. The fourth-order valence-corrected chi connectivity index (χ4v) is 10.5. The van der Waals surface area contributed by atoms with Crippen molar-refractivity contribution in [2.45, 2.75) is 80.5 Å². The molecule has 4 fully saturated rings. The van der Waals surface area contributed by atoms with Crippen LogP contribution >= 0.6 is 12.6 Å². The number of fused-ring (bicyclic) bond motifs is 7. The Hall–Kier alpha value is -3.32. The second kappa shape index (κ2) is 9.84. The van der Waals surface area contributed by atoms with Gasteiger partial charge in [-0.1, -0.05) is 6.07 Å². The van der Waals surface area contributed by atoms with Crippen molar-refractivity contribution in [3.63, 3.8) is 0 Å². The zero-order valence-corrected chi connectivity index (χ0v) is 27.3. The summed E-state index contributed by atoms with van der Waals surface area (Å²) in [5.41, 5.74) is 0.809. The van der Waals surface area contributed by atoms with E-state index in [0.29, 0.717) is 59.8 Å². The first-order valence-electron chi connectivity index (χ1n) is 16.0. The molecule has 238 valence electrons. The lowest BCUT2D eigenvalue weighted by molar-refractivity contribution is 0.0981. The minimum atomic E-state index is -4.23. The van der Waals surface area contributed by atoms with Crippen LogP contribution < -0.4 is 19.7 Å². The molecule has 2 N–H and O–H groups in total. The number of carbonyl (C=O) groups excluding carboxylic acids is 1. The Morgan fingerprint density at radius 2 is 1.84 bits per heavy atom. The van der Waals surface area contributed by atoms with Crippen molar-refractivity contribution >= 4 is 40.2 Å². The van der Waals surface area contributed by atoms with Crippen LogP contribution in [-0.4, -0.2) is 64.1 Å². The number of carbonyl (C=O) groups is 1. The third-order valence-electron chi connectivity index (χ3n) is 11.1. The number of hydrogen-bond acceptors (Lipinski definition) is 10. The van der Waals surface area contributed by atoms with Crippen molar-refractivity contribution in [2.24, 2.45) is 16.7 Å². The van der Waals surface area contributed by atoms with E-state index >= 15 is 0 Å². The lowest BCUT2D eigenvalue weighted by atomic mass is 9.93. The van der Waals surface area contributed by atoms with Gasteiger partial charge >= 0.3 is 0 Å². The van der Waals surface area contributed by atoms with Crippen LogP contribution in [0.3, 0.4) is 0 Å². The molecule has 11 nitrogen and oxygen atoms in total. The standard InChI is InChI=1S/C32H39N7O4S2/c1-29(2)19-21-5-4-16-33-23-6-3-7-26(34-23)45(41,42)37-28(40)22-8-9-24(35-27(22)38(29)20-21)39-17-10-25(36-39)43-18-15-32(44)30(11-12-30)31(32)13-14-31/h3,6-10,17,21,44H,4-5,11-16,18-20H2,1-2H3,(H,33,34)(H,37,40)/t21-/m0/s1. The quantitative estimate of drug-likeness (QED) is 0.340. The van der Waals surface area contributed by atoms with Crippen molar-refractivity contribution in [2.75, 3.05) is 29.9 Å². The summed E-state index contributed by atoms with van der Waals surface area (Å²) in [6, 6.07) is 9.84. The Labute approximate surface area is 269 Å². The highest BCUT2D eigenvalue weighted by Gasteiger charge is 2.93. The third kappa shape index (κ3) is 4.55. The van der Waals surface area contributed by atoms with E-state index in [1.165, 1.54) is 31.7 Å². The van der Waals surface area contributed by atoms with E-state index in [-0.39, 0.29) is 20.9 Å². The van der Waals surface area contributed by atoms with Gasteiger partial charge < -0.3 is 15.0 Å². The SMILES string of the molecule is CC1(C)C[C@@H]2CCCNc3cccc(n3)S(=O)(=O)NC(=O)c3ccc(-n4ccc(OCCC5(S)C6(CC6)C56CC6)n4)nc3N1C2. The van der Waals surface area contributed by atoms with E-state index in [4.69, 9.17) is 22.3 Å². The summed E-state index contributed by atoms with van der Waals surface area (Å²) < 4.78 is 36.5. The number of anilines is 2. The molecule has 0 unspecified atom stereocenters. The maximum Gasteiger partial charge on any atom is 0.281 e. The van der Waals surface area contributed by atoms with Gasteiger partial charge in [0.25, 0.3) is 15.9 Å². The van der Waals surface area contributed by atoms with Gasteiger partial charge in [0.2, 0.25) is 5.88 Å². The molecule has 3 saturated carbocycles. The van der Waals surface area contributed by atoms with E-state index in [9.17, 15) is 13.2 Å². The summed E-state index contributed by atoms with van der Waals surface area (Å²) in [6.45, 7) is 6.21. The van der Waals surface area contributed by atoms with Gasteiger partial charge in [0.15, 0.2) is 10.8 Å². The molecular weight excluding hydrogens is 611 g/mol. The Morgan fingerprint density at radius 1 is 1.07 bits per heavy atom. The summed E-state index contributed by atoms with van der Waals surface area (Å²) in [4.78, 5) is 25.0. The molecule has 1 saturated heterocycles. The van der Waals surface area contributed by atoms with E-state index in [0.717, 1.165) is 25.7 Å². The maximum atomic E-state index is 13.6. The van der Waals surface area contributed by atoms with Crippen LogP contribution in [0.1, 0.15) is 75.6 Å². The van der Waals surface area contributed by atoms with Crippen molar-refractivity contribution in [1.29, 1.82) is 0 Å². The number of ether oxygens (including phenoxy) is 1. The van der Waals surface area contributed by atoms with Crippen molar-refractivity contribution < 1.29 is 17.9 Å². The molecule has 3 aromatic rings. The van der Waals surface area contributed by atoms with Gasteiger partial charge in [-0.25, -0.2) is 19.4 Å². The Bertz CT molecular complexity index is 1780. The number of aromatic nitrogens is 4. The van der Waals surface area contributed by atoms with Crippen LogP contribution in [0.25, 0.3) is 5.82 Å². The average molecular weight is 650 g/mol. The molecule has 2 aliphatic heterocycles. The van der Waals surface area contributed by atoms with Crippen LogP contribution in [0.2, 0.25) is 0 Å². The second-order valence-electron chi connectivity index (χ2n) is 14.1. The van der Waals surface area contributed by atoms with Gasteiger partial charge in [-0.05, 0) is 106 Å². The molecule has 0 radical (unpaired) electrons. The van der Waals surface area contributed by atoms with Crippen LogP contribution in [0.5, 0.6) is 5.88 Å².